The van der Waals surface area contributed by atoms with E-state index in [9.17, 15) is 14.7 Å². The van der Waals surface area contributed by atoms with Crippen LogP contribution in [-0.2, 0) is 9.59 Å². The minimum atomic E-state index is -0.834. The van der Waals surface area contributed by atoms with Crippen LogP contribution in [0.1, 0.15) is 26.2 Å². The Balaban J connectivity index is 2.83. The van der Waals surface area contributed by atoms with Crippen LogP contribution in [0.2, 0.25) is 0 Å². The van der Waals surface area contributed by atoms with E-state index < -0.39 is 17.3 Å². The second-order valence-corrected chi connectivity index (χ2v) is 3.91. The maximum absolute atomic E-state index is 11.3. The van der Waals surface area contributed by atoms with E-state index in [4.69, 9.17) is 6.42 Å². The van der Waals surface area contributed by atoms with Gasteiger partial charge in [0.2, 0.25) is 0 Å². The second kappa shape index (κ2) is 4.35. The first-order valence-electron chi connectivity index (χ1n) is 5.04. The molecule has 1 amide bonds. The maximum atomic E-state index is 11.3. The zero-order valence-corrected chi connectivity index (χ0v) is 8.82. The molecule has 1 fully saturated rings. The van der Waals surface area contributed by atoms with Gasteiger partial charge in [0.15, 0.2) is 0 Å². The third-order valence-electron chi connectivity index (χ3n) is 3.12. The summed E-state index contributed by atoms with van der Waals surface area (Å²) in [4.78, 5) is 23.9. The maximum Gasteiger partial charge on any atom is 0.311 e. The fourth-order valence-electron chi connectivity index (χ4n) is 2.01. The lowest BCUT2D eigenvalue weighted by atomic mass is 9.77. The van der Waals surface area contributed by atoms with Crippen molar-refractivity contribution in [2.75, 3.05) is 13.1 Å². The second-order valence-electron chi connectivity index (χ2n) is 3.91. The molecular weight excluding hydrogens is 194 g/mol. The van der Waals surface area contributed by atoms with Crippen molar-refractivity contribution in [1.82, 2.24) is 4.90 Å². The molecule has 1 N–H and O–H groups in total. The molecule has 4 heteroatoms. The van der Waals surface area contributed by atoms with Crippen LogP contribution in [0.5, 0.6) is 0 Å². The van der Waals surface area contributed by atoms with Gasteiger partial charge < -0.3 is 10.0 Å². The molecule has 1 aliphatic heterocycles. The number of amides is 1. The fraction of sp³-hybridized carbons (Fsp3) is 0.636. The number of aliphatic carboxylic acids is 1. The van der Waals surface area contributed by atoms with E-state index in [1.54, 1.807) is 0 Å². The number of terminal acetylenes is 1. The smallest absolute Gasteiger partial charge is 0.311 e. The summed E-state index contributed by atoms with van der Waals surface area (Å²) in [6.07, 6.45) is 6.87. The van der Waals surface area contributed by atoms with Gasteiger partial charge in [0.25, 0.3) is 5.91 Å². The molecule has 0 aromatic heterocycles. The van der Waals surface area contributed by atoms with E-state index >= 15 is 0 Å². The highest BCUT2D eigenvalue weighted by Gasteiger charge is 2.41. The van der Waals surface area contributed by atoms with Crippen LogP contribution >= 0.6 is 0 Å². The number of carboxylic acid groups (broad SMARTS) is 1. The number of hydrogen-bond acceptors (Lipinski definition) is 2. The first-order chi connectivity index (χ1) is 7.05. The summed E-state index contributed by atoms with van der Waals surface area (Å²) in [6.45, 7) is 2.64. The van der Waals surface area contributed by atoms with Crippen LogP contribution in [-0.4, -0.2) is 35.0 Å². The molecular formula is C11H15NO3. The molecule has 82 valence electrons. The summed E-state index contributed by atoms with van der Waals surface area (Å²) in [7, 11) is 0. The number of piperidine rings is 1. The lowest BCUT2D eigenvalue weighted by molar-refractivity contribution is -0.154. The predicted molar refractivity (Wildman–Crippen MR) is 55.0 cm³/mol. The van der Waals surface area contributed by atoms with Crippen molar-refractivity contribution in [1.29, 1.82) is 0 Å². The Hall–Kier alpha value is -1.50. The van der Waals surface area contributed by atoms with Crippen molar-refractivity contribution in [2.45, 2.75) is 26.2 Å². The van der Waals surface area contributed by atoms with E-state index in [-0.39, 0.29) is 6.54 Å². The van der Waals surface area contributed by atoms with Crippen molar-refractivity contribution < 1.29 is 14.7 Å². The third kappa shape index (κ3) is 2.12. The summed E-state index contributed by atoms with van der Waals surface area (Å²) < 4.78 is 0. The van der Waals surface area contributed by atoms with Crippen molar-refractivity contribution in [2.24, 2.45) is 5.41 Å². The van der Waals surface area contributed by atoms with Crippen molar-refractivity contribution >= 4 is 11.9 Å². The number of nitrogens with zero attached hydrogens (tertiary/aromatic N) is 1. The predicted octanol–water partition coefficient (Wildman–Crippen LogP) is 0.723. The van der Waals surface area contributed by atoms with Gasteiger partial charge in [0, 0.05) is 13.1 Å². The Morgan fingerprint density at radius 1 is 1.60 bits per heavy atom. The largest absolute Gasteiger partial charge is 0.481 e. The molecule has 0 bridgehead atoms. The monoisotopic (exact) mass is 209 g/mol. The number of hydrogen-bond donors (Lipinski definition) is 1. The average Bonchev–Trinajstić information content (AvgIpc) is 2.27. The molecule has 1 saturated heterocycles. The third-order valence-corrected chi connectivity index (χ3v) is 3.12. The van der Waals surface area contributed by atoms with Crippen LogP contribution in [0.25, 0.3) is 0 Å². The summed E-state index contributed by atoms with van der Waals surface area (Å²) in [5.41, 5.74) is -0.801. The highest BCUT2D eigenvalue weighted by atomic mass is 16.4. The first-order valence-corrected chi connectivity index (χ1v) is 5.04. The van der Waals surface area contributed by atoms with Crippen molar-refractivity contribution in [3.8, 4) is 12.3 Å². The summed E-state index contributed by atoms with van der Waals surface area (Å²) in [5.74, 6) is 0.787. The van der Waals surface area contributed by atoms with Crippen molar-refractivity contribution in [3.05, 3.63) is 0 Å². The van der Waals surface area contributed by atoms with E-state index in [0.717, 1.165) is 0 Å². The normalized spacial score (nSPS) is 25.7. The molecule has 0 aromatic rings. The Kier molecular flexibility index (Phi) is 3.35. The van der Waals surface area contributed by atoms with Crippen LogP contribution in [0.4, 0.5) is 0 Å². The van der Waals surface area contributed by atoms with Crippen LogP contribution < -0.4 is 0 Å². The SMILES string of the molecule is C#CC(=O)N1CCCC(CC)(C(=O)O)C1. The number of carbonyl (C=O) groups excluding carboxylic acids is 1. The highest BCUT2D eigenvalue weighted by molar-refractivity contribution is 5.93. The van der Waals surface area contributed by atoms with Gasteiger partial charge in [0.05, 0.1) is 5.41 Å². The van der Waals surface area contributed by atoms with Gasteiger partial charge in [0.1, 0.15) is 0 Å². The quantitative estimate of drug-likeness (QED) is 0.682. The minimum Gasteiger partial charge on any atom is -0.481 e. The first kappa shape index (κ1) is 11.6. The van der Waals surface area contributed by atoms with Gasteiger partial charge in [-0.3, -0.25) is 9.59 Å². The lowest BCUT2D eigenvalue weighted by Gasteiger charge is -2.38. The van der Waals surface area contributed by atoms with Crippen LogP contribution in [0.3, 0.4) is 0 Å². The summed E-state index contributed by atoms with van der Waals surface area (Å²) in [6, 6.07) is 0. The number of rotatable bonds is 2. The van der Waals surface area contributed by atoms with Crippen LogP contribution in [0.15, 0.2) is 0 Å². The summed E-state index contributed by atoms with van der Waals surface area (Å²) >= 11 is 0. The van der Waals surface area contributed by atoms with Gasteiger partial charge in [-0.05, 0) is 25.2 Å². The standard InChI is InChI=1S/C11H15NO3/c1-3-9(13)12-7-5-6-11(4-2,8-12)10(14)15/h1H,4-8H2,2H3,(H,14,15). The Labute approximate surface area is 89.3 Å². The van der Waals surface area contributed by atoms with Gasteiger partial charge in [-0.2, -0.15) is 0 Å². The Bertz CT molecular complexity index is 318. The fourth-order valence-corrected chi connectivity index (χ4v) is 2.01. The van der Waals surface area contributed by atoms with Crippen molar-refractivity contribution in [3.63, 3.8) is 0 Å². The topological polar surface area (TPSA) is 57.6 Å². The minimum absolute atomic E-state index is 0.238. The Morgan fingerprint density at radius 3 is 2.73 bits per heavy atom. The molecule has 0 saturated carbocycles. The molecule has 0 aromatic carbocycles. The number of carbonyl (C=O) groups is 2. The zero-order valence-electron chi connectivity index (χ0n) is 8.82. The van der Waals surface area contributed by atoms with Gasteiger partial charge >= 0.3 is 5.97 Å². The molecule has 4 nitrogen and oxygen atoms in total. The van der Waals surface area contributed by atoms with E-state index in [0.29, 0.717) is 25.8 Å². The molecule has 1 aliphatic rings. The molecule has 15 heavy (non-hydrogen) atoms. The molecule has 1 rings (SSSR count). The highest BCUT2D eigenvalue weighted by Crippen LogP contribution is 2.33. The molecule has 1 heterocycles. The molecule has 0 aliphatic carbocycles. The average molecular weight is 209 g/mol. The lowest BCUT2D eigenvalue weighted by Crippen LogP contribution is -2.49. The molecule has 1 unspecified atom stereocenters. The van der Waals surface area contributed by atoms with Gasteiger partial charge in [-0.25, -0.2) is 0 Å². The molecule has 0 radical (unpaired) electrons. The van der Waals surface area contributed by atoms with Gasteiger partial charge in [-0.15, -0.1) is 6.42 Å². The number of carboxylic acids is 1. The summed E-state index contributed by atoms with van der Waals surface area (Å²) in [5, 5.41) is 9.17. The Morgan fingerprint density at radius 2 is 2.27 bits per heavy atom. The molecule has 0 spiro atoms. The molecule has 1 atom stereocenters. The van der Waals surface area contributed by atoms with Gasteiger partial charge in [-0.1, -0.05) is 6.92 Å². The zero-order chi connectivity index (χ0) is 11.5. The van der Waals surface area contributed by atoms with E-state index in [1.165, 1.54) is 4.90 Å². The van der Waals surface area contributed by atoms with E-state index in [1.807, 2.05) is 12.8 Å². The van der Waals surface area contributed by atoms with E-state index in [2.05, 4.69) is 0 Å². The van der Waals surface area contributed by atoms with Crippen LogP contribution in [0, 0.1) is 17.8 Å². The number of likely N-dealkylation sites (tertiary alicyclic amines) is 1.